The first-order chi connectivity index (χ1) is 10.1. The van der Waals surface area contributed by atoms with Crippen LogP contribution in [0.3, 0.4) is 0 Å². The predicted octanol–water partition coefficient (Wildman–Crippen LogP) is 3.24. The van der Waals surface area contributed by atoms with E-state index in [2.05, 4.69) is 17.1 Å². The Morgan fingerprint density at radius 1 is 1.24 bits per heavy atom. The van der Waals surface area contributed by atoms with Crippen LogP contribution in [-0.2, 0) is 15.9 Å². The highest BCUT2D eigenvalue weighted by Gasteiger charge is 2.43. The summed E-state index contributed by atoms with van der Waals surface area (Å²) >= 11 is 0. The molecule has 3 rings (SSSR count). The predicted molar refractivity (Wildman–Crippen MR) is 79.6 cm³/mol. The lowest BCUT2D eigenvalue weighted by Gasteiger charge is -2.33. The van der Waals surface area contributed by atoms with Gasteiger partial charge in [0.05, 0.1) is 5.54 Å². The lowest BCUT2D eigenvalue weighted by Crippen LogP contribution is -2.41. The fourth-order valence-corrected chi connectivity index (χ4v) is 3.89. The van der Waals surface area contributed by atoms with E-state index in [0.29, 0.717) is 11.7 Å². The van der Waals surface area contributed by atoms with Gasteiger partial charge in [-0.15, -0.1) is 0 Å². The molecule has 0 bridgehead atoms. The summed E-state index contributed by atoms with van der Waals surface area (Å²) in [4.78, 5) is 4.65. The van der Waals surface area contributed by atoms with Crippen molar-refractivity contribution in [3.05, 3.63) is 11.7 Å². The summed E-state index contributed by atoms with van der Waals surface area (Å²) in [5, 5.41) is 4.21. The van der Waals surface area contributed by atoms with Gasteiger partial charge in [-0.3, -0.25) is 0 Å². The van der Waals surface area contributed by atoms with E-state index in [4.69, 9.17) is 15.0 Å². The lowest BCUT2D eigenvalue weighted by atomic mass is 9.76. The Balaban J connectivity index is 1.78. The van der Waals surface area contributed by atoms with Crippen LogP contribution in [0.4, 0.5) is 0 Å². The van der Waals surface area contributed by atoms with Crippen molar-refractivity contribution >= 4 is 0 Å². The third-order valence-corrected chi connectivity index (χ3v) is 5.64. The van der Waals surface area contributed by atoms with E-state index in [1.807, 2.05) is 0 Å². The number of hydrogen-bond acceptors (Lipinski definition) is 5. The molecule has 2 fully saturated rings. The summed E-state index contributed by atoms with van der Waals surface area (Å²) in [5.74, 6) is 2.10. The number of ether oxygens (including phenoxy) is 1. The minimum atomic E-state index is -0.440. The molecule has 0 saturated heterocycles. The Morgan fingerprint density at radius 2 is 1.90 bits per heavy atom. The van der Waals surface area contributed by atoms with Crippen molar-refractivity contribution in [2.24, 2.45) is 11.7 Å². The number of aromatic nitrogens is 2. The van der Waals surface area contributed by atoms with E-state index in [0.717, 1.165) is 57.3 Å². The molecule has 0 aliphatic heterocycles. The van der Waals surface area contributed by atoms with Crippen molar-refractivity contribution in [1.29, 1.82) is 0 Å². The first-order valence-electron chi connectivity index (χ1n) is 8.30. The standard InChI is InChI=1S/C16H27N3O2/c1-3-12-6-10-15(17,11-7-12)14-18-13(19-21-14)16(20-2)8-4-5-9-16/h12H,3-11,17H2,1-2H3. The van der Waals surface area contributed by atoms with Crippen LogP contribution in [0.1, 0.15) is 76.4 Å². The molecule has 1 aromatic rings. The first-order valence-corrected chi connectivity index (χ1v) is 8.30. The molecule has 1 heterocycles. The van der Waals surface area contributed by atoms with Crippen LogP contribution in [0.2, 0.25) is 0 Å². The quantitative estimate of drug-likeness (QED) is 0.922. The van der Waals surface area contributed by atoms with Gasteiger partial charge < -0.3 is 15.0 Å². The maximum atomic E-state index is 6.56. The Bertz CT molecular complexity index is 472. The summed E-state index contributed by atoms with van der Waals surface area (Å²) in [6, 6.07) is 0. The number of nitrogens with two attached hydrogens (primary N) is 1. The first kappa shape index (κ1) is 15.0. The van der Waals surface area contributed by atoms with E-state index < -0.39 is 5.54 Å². The van der Waals surface area contributed by atoms with Gasteiger partial charge in [0.2, 0.25) is 11.7 Å². The second-order valence-electron chi connectivity index (χ2n) is 6.84. The van der Waals surface area contributed by atoms with Crippen molar-refractivity contribution in [1.82, 2.24) is 10.1 Å². The van der Waals surface area contributed by atoms with E-state index in [1.54, 1.807) is 7.11 Å². The van der Waals surface area contributed by atoms with Gasteiger partial charge in [0.1, 0.15) is 5.60 Å². The van der Waals surface area contributed by atoms with Crippen LogP contribution in [0.15, 0.2) is 4.52 Å². The molecule has 1 aromatic heterocycles. The summed E-state index contributed by atoms with van der Waals surface area (Å²) in [6.07, 6.45) is 9.67. The van der Waals surface area contributed by atoms with E-state index in [1.165, 1.54) is 6.42 Å². The molecular weight excluding hydrogens is 266 g/mol. The Labute approximate surface area is 126 Å². The molecule has 0 amide bonds. The van der Waals surface area contributed by atoms with Gasteiger partial charge in [0.15, 0.2) is 0 Å². The molecule has 0 spiro atoms. The van der Waals surface area contributed by atoms with Gasteiger partial charge in [-0.2, -0.15) is 4.98 Å². The summed E-state index contributed by atoms with van der Waals surface area (Å²) in [5.41, 5.74) is 5.77. The number of methoxy groups -OCH3 is 1. The Hall–Kier alpha value is -0.940. The Morgan fingerprint density at radius 3 is 2.48 bits per heavy atom. The topological polar surface area (TPSA) is 74.2 Å². The maximum Gasteiger partial charge on any atom is 0.246 e. The highest BCUT2D eigenvalue weighted by Crippen LogP contribution is 2.42. The molecule has 0 atom stereocenters. The van der Waals surface area contributed by atoms with Gasteiger partial charge in [-0.05, 0) is 57.3 Å². The molecule has 2 N–H and O–H groups in total. The van der Waals surface area contributed by atoms with E-state index >= 15 is 0 Å². The zero-order valence-corrected chi connectivity index (χ0v) is 13.2. The van der Waals surface area contributed by atoms with Crippen LogP contribution in [0.5, 0.6) is 0 Å². The molecule has 2 aliphatic carbocycles. The van der Waals surface area contributed by atoms with Crippen molar-refractivity contribution in [3.63, 3.8) is 0 Å². The fourth-order valence-electron chi connectivity index (χ4n) is 3.89. The molecule has 0 unspecified atom stereocenters. The lowest BCUT2D eigenvalue weighted by molar-refractivity contribution is -0.0178. The van der Waals surface area contributed by atoms with Gasteiger partial charge >= 0.3 is 0 Å². The molecule has 2 saturated carbocycles. The normalized spacial score (nSPS) is 32.4. The van der Waals surface area contributed by atoms with Crippen LogP contribution in [0, 0.1) is 5.92 Å². The minimum Gasteiger partial charge on any atom is -0.370 e. The maximum absolute atomic E-state index is 6.56. The monoisotopic (exact) mass is 293 g/mol. The van der Waals surface area contributed by atoms with Gasteiger partial charge in [0.25, 0.3) is 0 Å². The highest BCUT2D eigenvalue weighted by atomic mass is 16.5. The van der Waals surface area contributed by atoms with Crippen LogP contribution in [-0.4, -0.2) is 17.3 Å². The zero-order chi connectivity index (χ0) is 14.9. The number of hydrogen-bond donors (Lipinski definition) is 1. The van der Waals surface area contributed by atoms with Crippen LogP contribution < -0.4 is 5.73 Å². The number of nitrogens with zero attached hydrogens (tertiary/aromatic N) is 2. The minimum absolute atomic E-state index is 0.348. The van der Waals surface area contributed by atoms with E-state index in [-0.39, 0.29) is 5.60 Å². The molecule has 5 heteroatoms. The second-order valence-corrected chi connectivity index (χ2v) is 6.84. The van der Waals surface area contributed by atoms with Crippen LogP contribution in [0.25, 0.3) is 0 Å². The van der Waals surface area contributed by atoms with Crippen LogP contribution >= 0.6 is 0 Å². The van der Waals surface area contributed by atoms with E-state index in [9.17, 15) is 0 Å². The SMILES string of the molecule is CCC1CCC(N)(c2nc(C3(OC)CCCC3)no2)CC1. The highest BCUT2D eigenvalue weighted by molar-refractivity contribution is 5.10. The summed E-state index contributed by atoms with van der Waals surface area (Å²) in [7, 11) is 1.74. The van der Waals surface area contributed by atoms with Gasteiger partial charge in [0, 0.05) is 7.11 Å². The largest absolute Gasteiger partial charge is 0.370 e. The Kier molecular flexibility index (Phi) is 4.06. The second kappa shape index (κ2) is 5.69. The summed E-state index contributed by atoms with van der Waals surface area (Å²) < 4.78 is 11.3. The van der Waals surface area contributed by atoms with Gasteiger partial charge in [-0.25, -0.2) is 0 Å². The van der Waals surface area contributed by atoms with Gasteiger partial charge in [-0.1, -0.05) is 18.5 Å². The average molecular weight is 293 g/mol. The third-order valence-electron chi connectivity index (χ3n) is 5.64. The molecule has 0 radical (unpaired) electrons. The third kappa shape index (κ3) is 2.61. The number of rotatable bonds is 4. The molecular formula is C16H27N3O2. The smallest absolute Gasteiger partial charge is 0.246 e. The fraction of sp³-hybridized carbons (Fsp3) is 0.875. The van der Waals surface area contributed by atoms with Crippen molar-refractivity contribution < 1.29 is 9.26 Å². The molecule has 118 valence electrons. The molecule has 2 aliphatic rings. The average Bonchev–Trinajstić information content (AvgIpc) is 3.18. The molecule has 0 aromatic carbocycles. The summed E-state index contributed by atoms with van der Waals surface area (Å²) in [6.45, 7) is 2.25. The molecule has 21 heavy (non-hydrogen) atoms. The molecule has 5 nitrogen and oxygen atoms in total. The van der Waals surface area contributed by atoms with Crippen molar-refractivity contribution in [2.75, 3.05) is 7.11 Å². The zero-order valence-electron chi connectivity index (χ0n) is 13.2. The van der Waals surface area contributed by atoms with Crippen molar-refractivity contribution in [3.8, 4) is 0 Å². The van der Waals surface area contributed by atoms with Crippen molar-refractivity contribution in [2.45, 2.75) is 75.9 Å².